The Bertz CT molecular complexity index is 2290. The van der Waals surface area contributed by atoms with E-state index in [-0.39, 0.29) is 36.7 Å². The summed E-state index contributed by atoms with van der Waals surface area (Å²) < 4.78 is 54.8. The van der Waals surface area contributed by atoms with Crippen molar-refractivity contribution in [1.82, 2.24) is 14.9 Å². The van der Waals surface area contributed by atoms with Gasteiger partial charge in [0.25, 0.3) is 0 Å². The van der Waals surface area contributed by atoms with Crippen LogP contribution < -0.4 is 10.0 Å². The maximum atomic E-state index is 13.8. The number of hydrogen-bond donors (Lipinski definition) is 3. The Balaban J connectivity index is 0.965. The molecule has 4 atom stereocenters. The quantitative estimate of drug-likeness (QED) is 0.111. The third kappa shape index (κ3) is 10.2. The van der Waals surface area contributed by atoms with E-state index >= 15 is 0 Å². The number of sulfonamides is 1. The van der Waals surface area contributed by atoms with Crippen LogP contribution in [0.4, 0.5) is 0 Å². The first-order valence-corrected chi connectivity index (χ1v) is 22.2. The highest BCUT2D eigenvalue weighted by Gasteiger charge is 2.41. The molecule has 3 aliphatic rings. The van der Waals surface area contributed by atoms with Gasteiger partial charge >= 0.3 is 0 Å². The molecule has 3 heterocycles. The molecule has 8 rings (SSSR count). The zero-order chi connectivity index (χ0) is 41.5. The fourth-order valence-electron chi connectivity index (χ4n) is 8.27. The fraction of sp³-hybridized carbons (Fsp3) is 0.354. The second kappa shape index (κ2) is 18.9. The molecule has 12 heteroatoms. The number of aliphatic hydroxyl groups excluding tert-OH is 1. The molecular formula is C48H53N3O8S. The number of carbonyl (C=O) groups excluding carboxylic acids is 1. The van der Waals surface area contributed by atoms with Gasteiger partial charge < -0.3 is 34.3 Å². The molecule has 0 unspecified atom stereocenters. The van der Waals surface area contributed by atoms with Gasteiger partial charge in [0, 0.05) is 51.0 Å². The molecule has 3 N–H and O–H groups in total. The molecule has 1 spiro atoms. The first kappa shape index (κ1) is 42.0. The smallest absolute Gasteiger partial charge is 0.241 e. The van der Waals surface area contributed by atoms with Crippen molar-refractivity contribution in [3.63, 3.8) is 0 Å². The lowest BCUT2D eigenvalue weighted by Crippen LogP contribution is -2.48. The van der Waals surface area contributed by atoms with E-state index in [2.05, 4.69) is 14.9 Å². The average Bonchev–Trinajstić information content (AvgIpc) is 3.74. The van der Waals surface area contributed by atoms with Crippen LogP contribution in [0.2, 0.25) is 0 Å². The minimum atomic E-state index is -3.98. The van der Waals surface area contributed by atoms with Crippen molar-refractivity contribution in [3.05, 3.63) is 161 Å². The van der Waals surface area contributed by atoms with Gasteiger partial charge in [-0.1, -0.05) is 121 Å². The van der Waals surface area contributed by atoms with Gasteiger partial charge in [0.15, 0.2) is 12.1 Å². The maximum Gasteiger partial charge on any atom is 0.241 e. The molecule has 0 bridgehead atoms. The summed E-state index contributed by atoms with van der Waals surface area (Å²) in [6.07, 6.45) is 1.67. The monoisotopic (exact) mass is 831 g/mol. The van der Waals surface area contributed by atoms with Crippen LogP contribution in [0.15, 0.2) is 132 Å². The molecule has 314 valence electrons. The van der Waals surface area contributed by atoms with Crippen molar-refractivity contribution < 1.29 is 37.3 Å². The van der Waals surface area contributed by atoms with Crippen LogP contribution in [0.5, 0.6) is 0 Å². The van der Waals surface area contributed by atoms with Crippen LogP contribution in [0.3, 0.4) is 0 Å². The molecule has 5 aromatic carbocycles. The number of piperidine rings is 1. The topological polar surface area (TPSA) is 136 Å². The predicted octanol–water partition coefficient (Wildman–Crippen LogP) is 6.74. The molecule has 3 saturated heterocycles. The number of hydrogen-bond acceptors (Lipinski definition) is 9. The SMILES string of the molecule is Cc1ccc(S(=O)(=O)N[C@H](Cc2ccccc2)C(=O)NCc2ccccc2-c2ccc([C@@H]3O[C@H](CN4CCC5(CC4)OCCO5)C[C@H](c4ccc(CO)cc4)O3)cc2)cc1. The lowest BCUT2D eigenvalue weighted by molar-refractivity contribution is -0.255. The minimum absolute atomic E-state index is 0.0171. The van der Waals surface area contributed by atoms with Gasteiger partial charge in [-0.05, 0) is 58.9 Å². The molecular weight excluding hydrogens is 779 g/mol. The van der Waals surface area contributed by atoms with Gasteiger partial charge in [0.05, 0.1) is 36.9 Å². The van der Waals surface area contributed by atoms with Gasteiger partial charge in [-0.15, -0.1) is 0 Å². The van der Waals surface area contributed by atoms with E-state index in [0.29, 0.717) is 19.6 Å². The summed E-state index contributed by atoms with van der Waals surface area (Å²) in [5.74, 6) is -0.864. The Morgan fingerprint density at radius 1 is 0.800 bits per heavy atom. The van der Waals surface area contributed by atoms with Crippen LogP contribution in [0, 0.1) is 6.92 Å². The predicted molar refractivity (Wildman–Crippen MR) is 228 cm³/mol. The summed E-state index contributed by atoms with van der Waals surface area (Å²) in [5.41, 5.74) is 7.32. The summed E-state index contributed by atoms with van der Waals surface area (Å²) in [6, 6.07) is 38.8. The van der Waals surface area contributed by atoms with Crippen molar-refractivity contribution in [3.8, 4) is 11.1 Å². The zero-order valence-corrected chi connectivity index (χ0v) is 34.7. The number of likely N-dealkylation sites (tertiary alicyclic amines) is 1. The fourth-order valence-corrected chi connectivity index (χ4v) is 9.47. The summed E-state index contributed by atoms with van der Waals surface area (Å²) in [5, 5.41) is 12.7. The van der Waals surface area contributed by atoms with Crippen LogP contribution in [0.1, 0.15) is 65.0 Å². The van der Waals surface area contributed by atoms with Crippen LogP contribution in [-0.2, 0) is 53.3 Å². The van der Waals surface area contributed by atoms with E-state index in [1.54, 1.807) is 24.3 Å². The lowest BCUT2D eigenvalue weighted by Gasteiger charge is -2.41. The number of carbonyl (C=O) groups is 1. The highest BCUT2D eigenvalue weighted by Crippen LogP contribution is 2.40. The van der Waals surface area contributed by atoms with Crippen molar-refractivity contribution >= 4 is 15.9 Å². The van der Waals surface area contributed by atoms with E-state index in [0.717, 1.165) is 77.0 Å². The minimum Gasteiger partial charge on any atom is -0.392 e. The number of aryl methyl sites for hydroxylation is 1. The van der Waals surface area contributed by atoms with Gasteiger partial charge in [-0.2, -0.15) is 4.72 Å². The van der Waals surface area contributed by atoms with Crippen molar-refractivity contribution in [2.24, 2.45) is 0 Å². The molecule has 1 amide bonds. The normalized spacial score (nSPS) is 21.1. The van der Waals surface area contributed by atoms with Gasteiger partial charge in [0.1, 0.15) is 6.04 Å². The molecule has 5 aromatic rings. The molecule has 60 heavy (non-hydrogen) atoms. The van der Waals surface area contributed by atoms with E-state index in [9.17, 15) is 18.3 Å². The lowest BCUT2D eigenvalue weighted by atomic mass is 9.97. The van der Waals surface area contributed by atoms with E-state index in [4.69, 9.17) is 18.9 Å². The molecule has 0 aliphatic carbocycles. The molecule has 0 aromatic heterocycles. The van der Waals surface area contributed by atoms with Gasteiger partial charge in [0.2, 0.25) is 15.9 Å². The van der Waals surface area contributed by atoms with Gasteiger partial charge in [-0.25, -0.2) is 8.42 Å². The third-order valence-corrected chi connectivity index (χ3v) is 13.2. The standard InChI is InChI=1S/C48H53N3O8S/c1-34-11-21-42(22-12-34)60(54,55)50-44(29-35-7-3-2-4-8-35)46(53)49-31-40-9-5-6-10-43(40)37-17-19-39(20-18-37)47-58-41(30-45(59-47)38-15-13-36(33-52)14-16-38)32-51-25-23-48(24-26-51)56-27-28-57-48/h2-22,41,44-45,47,50,52H,23-33H2,1H3,(H,49,53)/t41-,44+,45+,47+/m0/s1. The van der Waals surface area contributed by atoms with Crippen LogP contribution in [-0.4, -0.2) is 75.1 Å². The number of benzene rings is 5. The zero-order valence-electron chi connectivity index (χ0n) is 33.9. The Labute approximate surface area is 352 Å². The second-order valence-corrected chi connectivity index (χ2v) is 17.6. The number of nitrogens with one attached hydrogen (secondary N) is 2. The van der Waals surface area contributed by atoms with E-state index < -0.39 is 34.0 Å². The van der Waals surface area contributed by atoms with Crippen LogP contribution in [0.25, 0.3) is 11.1 Å². The second-order valence-electron chi connectivity index (χ2n) is 15.9. The number of aliphatic hydroxyl groups is 1. The third-order valence-electron chi connectivity index (χ3n) is 11.7. The van der Waals surface area contributed by atoms with E-state index in [1.165, 1.54) is 0 Å². The largest absolute Gasteiger partial charge is 0.392 e. The van der Waals surface area contributed by atoms with E-state index in [1.807, 2.05) is 110 Å². The van der Waals surface area contributed by atoms with Gasteiger partial charge in [-0.3, -0.25) is 4.79 Å². The van der Waals surface area contributed by atoms with Crippen molar-refractivity contribution in [2.75, 3.05) is 32.8 Å². The number of ether oxygens (including phenoxy) is 4. The highest BCUT2D eigenvalue weighted by atomic mass is 32.2. The highest BCUT2D eigenvalue weighted by molar-refractivity contribution is 7.89. The number of rotatable bonds is 14. The summed E-state index contributed by atoms with van der Waals surface area (Å²) in [7, 11) is -3.98. The Kier molecular flexibility index (Phi) is 13.2. The summed E-state index contributed by atoms with van der Waals surface area (Å²) in [4.78, 5) is 16.4. The summed E-state index contributed by atoms with van der Waals surface area (Å²) in [6.45, 7) is 5.87. The van der Waals surface area contributed by atoms with Crippen molar-refractivity contribution in [1.29, 1.82) is 0 Å². The molecule has 0 saturated carbocycles. The van der Waals surface area contributed by atoms with Crippen LogP contribution >= 0.6 is 0 Å². The number of nitrogens with zero attached hydrogens (tertiary/aromatic N) is 1. The average molecular weight is 832 g/mol. The maximum absolute atomic E-state index is 13.8. The first-order valence-electron chi connectivity index (χ1n) is 20.8. The Morgan fingerprint density at radius 2 is 1.47 bits per heavy atom. The molecule has 0 radical (unpaired) electrons. The molecule has 3 fully saturated rings. The molecule has 3 aliphatic heterocycles. The Hall–Kier alpha value is -4.76. The Morgan fingerprint density at radius 3 is 2.17 bits per heavy atom. The first-order chi connectivity index (χ1) is 29.1. The molecule has 11 nitrogen and oxygen atoms in total. The number of amides is 1. The van der Waals surface area contributed by atoms with Crippen molar-refractivity contribution in [2.45, 2.75) is 81.0 Å². The summed E-state index contributed by atoms with van der Waals surface area (Å²) >= 11 is 0.